The fourth-order valence-corrected chi connectivity index (χ4v) is 2.43. The summed E-state index contributed by atoms with van der Waals surface area (Å²) in [5, 5.41) is 5.78. The molecule has 0 bridgehead atoms. The smallest absolute Gasteiger partial charge is 0.255 e. The van der Waals surface area contributed by atoms with Crippen molar-refractivity contribution in [3.05, 3.63) is 59.7 Å². The van der Waals surface area contributed by atoms with E-state index in [-0.39, 0.29) is 11.8 Å². The molecule has 0 saturated heterocycles. The van der Waals surface area contributed by atoms with E-state index in [0.29, 0.717) is 41.1 Å². The van der Waals surface area contributed by atoms with Gasteiger partial charge in [-0.25, -0.2) is 0 Å². The fraction of sp³-hybridized carbons (Fsp3) is 0.333. The van der Waals surface area contributed by atoms with Gasteiger partial charge in [-0.1, -0.05) is 26.0 Å². The van der Waals surface area contributed by atoms with Crippen LogP contribution in [0.1, 0.15) is 47.4 Å². The van der Waals surface area contributed by atoms with Crippen molar-refractivity contribution in [2.24, 2.45) is 5.92 Å². The summed E-state index contributed by atoms with van der Waals surface area (Å²) in [6, 6.07) is 14.4. The van der Waals surface area contributed by atoms with E-state index in [2.05, 4.69) is 24.5 Å². The molecule has 136 valence electrons. The second-order valence-corrected chi connectivity index (χ2v) is 7.02. The molecule has 3 rings (SSSR count). The molecule has 0 aromatic heterocycles. The number of ether oxygens (including phenoxy) is 1. The van der Waals surface area contributed by atoms with Crippen molar-refractivity contribution in [2.45, 2.75) is 32.7 Å². The number of anilines is 1. The summed E-state index contributed by atoms with van der Waals surface area (Å²) in [7, 11) is 0. The topological polar surface area (TPSA) is 67.4 Å². The third kappa shape index (κ3) is 5.09. The molecule has 1 aliphatic rings. The second-order valence-electron chi connectivity index (χ2n) is 7.02. The van der Waals surface area contributed by atoms with Gasteiger partial charge < -0.3 is 15.4 Å². The van der Waals surface area contributed by atoms with Crippen LogP contribution in [0.25, 0.3) is 0 Å². The van der Waals surface area contributed by atoms with Crippen molar-refractivity contribution in [3.63, 3.8) is 0 Å². The van der Waals surface area contributed by atoms with E-state index in [1.54, 1.807) is 42.5 Å². The summed E-state index contributed by atoms with van der Waals surface area (Å²) in [6.45, 7) is 4.75. The molecule has 2 aromatic carbocycles. The molecule has 2 aromatic rings. The van der Waals surface area contributed by atoms with Crippen LogP contribution in [-0.2, 0) is 0 Å². The van der Waals surface area contributed by atoms with Gasteiger partial charge in [0.1, 0.15) is 5.75 Å². The zero-order valence-corrected chi connectivity index (χ0v) is 15.1. The lowest BCUT2D eigenvalue weighted by atomic mass is 10.1. The summed E-state index contributed by atoms with van der Waals surface area (Å²) < 4.78 is 5.67. The Balaban J connectivity index is 1.65. The van der Waals surface area contributed by atoms with Crippen molar-refractivity contribution < 1.29 is 14.3 Å². The minimum absolute atomic E-state index is 0.104. The molecular formula is C21H24N2O3. The molecule has 5 nitrogen and oxygen atoms in total. The normalized spacial score (nSPS) is 13.3. The van der Waals surface area contributed by atoms with E-state index >= 15 is 0 Å². The Labute approximate surface area is 153 Å². The lowest BCUT2D eigenvalue weighted by Crippen LogP contribution is -2.25. The first kappa shape index (κ1) is 18.0. The van der Waals surface area contributed by atoms with E-state index in [1.807, 2.05) is 6.07 Å². The van der Waals surface area contributed by atoms with Gasteiger partial charge in [0.25, 0.3) is 11.8 Å². The van der Waals surface area contributed by atoms with Gasteiger partial charge in [-0.05, 0) is 55.2 Å². The highest BCUT2D eigenvalue weighted by Crippen LogP contribution is 2.20. The molecule has 5 heteroatoms. The molecule has 0 heterocycles. The molecule has 2 N–H and O–H groups in total. The molecule has 0 aliphatic heterocycles. The number of nitrogens with one attached hydrogen (secondary N) is 2. The number of rotatable bonds is 7. The summed E-state index contributed by atoms with van der Waals surface area (Å²) >= 11 is 0. The van der Waals surface area contributed by atoms with Crippen molar-refractivity contribution in [2.75, 3.05) is 11.9 Å². The number of hydrogen-bond donors (Lipinski definition) is 2. The van der Waals surface area contributed by atoms with Crippen LogP contribution in [0.3, 0.4) is 0 Å². The van der Waals surface area contributed by atoms with Gasteiger partial charge in [0.2, 0.25) is 0 Å². The molecule has 0 spiro atoms. The average molecular weight is 352 g/mol. The Morgan fingerprint density at radius 3 is 2.42 bits per heavy atom. The van der Waals surface area contributed by atoms with Gasteiger partial charge in [-0.3, -0.25) is 9.59 Å². The van der Waals surface area contributed by atoms with Gasteiger partial charge in [-0.2, -0.15) is 0 Å². The molecule has 0 radical (unpaired) electrons. The highest BCUT2D eigenvalue weighted by Gasteiger charge is 2.23. The van der Waals surface area contributed by atoms with Crippen molar-refractivity contribution >= 4 is 17.5 Å². The molecule has 1 fully saturated rings. The first-order chi connectivity index (χ1) is 12.5. The number of benzene rings is 2. The first-order valence-corrected chi connectivity index (χ1v) is 8.96. The summed E-state index contributed by atoms with van der Waals surface area (Å²) in [6.07, 6.45) is 2.08. The Bertz CT molecular complexity index is 797. The van der Waals surface area contributed by atoms with Crippen LogP contribution in [0.15, 0.2) is 48.5 Å². The van der Waals surface area contributed by atoms with E-state index in [0.717, 1.165) is 12.8 Å². The van der Waals surface area contributed by atoms with Gasteiger partial charge in [0.05, 0.1) is 6.61 Å². The maximum Gasteiger partial charge on any atom is 0.255 e. The average Bonchev–Trinajstić information content (AvgIpc) is 3.44. The van der Waals surface area contributed by atoms with Crippen LogP contribution < -0.4 is 15.4 Å². The molecule has 26 heavy (non-hydrogen) atoms. The first-order valence-electron chi connectivity index (χ1n) is 8.96. The SMILES string of the molecule is CC(C)COc1cccc(C(=O)Nc2cccc(C(=O)NC3CC3)c2)c1. The molecular weight excluding hydrogens is 328 g/mol. The molecule has 0 atom stereocenters. The van der Waals surface area contributed by atoms with E-state index in [1.165, 1.54) is 0 Å². The summed E-state index contributed by atoms with van der Waals surface area (Å²) in [5.41, 5.74) is 1.65. The highest BCUT2D eigenvalue weighted by molar-refractivity contribution is 6.05. The maximum atomic E-state index is 12.5. The Morgan fingerprint density at radius 1 is 1.04 bits per heavy atom. The number of carbonyl (C=O) groups is 2. The maximum absolute atomic E-state index is 12.5. The highest BCUT2D eigenvalue weighted by atomic mass is 16.5. The minimum atomic E-state index is -0.236. The Morgan fingerprint density at radius 2 is 1.73 bits per heavy atom. The van der Waals surface area contributed by atoms with Crippen molar-refractivity contribution in [1.29, 1.82) is 0 Å². The molecule has 1 saturated carbocycles. The van der Waals surface area contributed by atoms with Crippen LogP contribution in [0.5, 0.6) is 5.75 Å². The van der Waals surface area contributed by atoms with Crippen molar-refractivity contribution in [1.82, 2.24) is 5.32 Å². The van der Waals surface area contributed by atoms with Crippen LogP contribution in [0.4, 0.5) is 5.69 Å². The standard InChI is InChI=1S/C21H24N2O3/c1-14(2)13-26-19-8-4-6-16(12-19)21(25)23-18-7-3-5-15(11-18)20(24)22-17-9-10-17/h3-8,11-12,14,17H,9-10,13H2,1-2H3,(H,22,24)(H,23,25). The van der Waals surface area contributed by atoms with Crippen LogP contribution >= 0.6 is 0 Å². The van der Waals surface area contributed by atoms with Gasteiger partial charge in [0, 0.05) is 22.9 Å². The van der Waals surface area contributed by atoms with Crippen LogP contribution in [0, 0.1) is 5.92 Å². The Kier molecular flexibility index (Phi) is 5.56. The number of amides is 2. The van der Waals surface area contributed by atoms with Crippen molar-refractivity contribution in [3.8, 4) is 5.75 Å². The van der Waals surface area contributed by atoms with E-state index < -0.39 is 0 Å². The third-order valence-electron chi connectivity index (χ3n) is 3.97. The fourth-order valence-electron chi connectivity index (χ4n) is 2.43. The van der Waals surface area contributed by atoms with E-state index in [4.69, 9.17) is 4.74 Å². The number of carbonyl (C=O) groups excluding carboxylic acids is 2. The zero-order chi connectivity index (χ0) is 18.5. The van der Waals surface area contributed by atoms with Gasteiger partial charge in [-0.15, -0.1) is 0 Å². The summed E-state index contributed by atoms with van der Waals surface area (Å²) in [4.78, 5) is 24.6. The van der Waals surface area contributed by atoms with Gasteiger partial charge >= 0.3 is 0 Å². The summed E-state index contributed by atoms with van der Waals surface area (Å²) in [5.74, 6) is 0.744. The van der Waals surface area contributed by atoms with Gasteiger partial charge in [0.15, 0.2) is 0 Å². The second kappa shape index (κ2) is 8.04. The third-order valence-corrected chi connectivity index (χ3v) is 3.97. The predicted molar refractivity (Wildman–Crippen MR) is 102 cm³/mol. The van der Waals surface area contributed by atoms with Crippen LogP contribution in [0.2, 0.25) is 0 Å². The number of hydrogen-bond acceptors (Lipinski definition) is 3. The van der Waals surface area contributed by atoms with E-state index in [9.17, 15) is 9.59 Å². The molecule has 1 aliphatic carbocycles. The zero-order valence-electron chi connectivity index (χ0n) is 15.1. The lowest BCUT2D eigenvalue weighted by molar-refractivity contribution is 0.0949. The molecule has 0 unspecified atom stereocenters. The van der Waals surface area contributed by atoms with Crippen LogP contribution in [-0.4, -0.2) is 24.5 Å². The molecule has 2 amide bonds. The largest absolute Gasteiger partial charge is 0.493 e. The Hall–Kier alpha value is -2.82. The monoisotopic (exact) mass is 352 g/mol. The lowest BCUT2D eigenvalue weighted by Gasteiger charge is -2.11. The quantitative estimate of drug-likeness (QED) is 0.795. The minimum Gasteiger partial charge on any atom is -0.493 e. The predicted octanol–water partition coefficient (Wildman–Crippen LogP) is 3.87.